The van der Waals surface area contributed by atoms with Gasteiger partial charge in [0.05, 0.1) is 10.5 Å². The highest BCUT2D eigenvalue weighted by atomic mass is 32.2. The van der Waals surface area contributed by atoms with Crippen molar-refractivity contribution >= 4 is 33.4 Å². The van der Waals surface area contributed by atoms with Crippen molar-refractivity contribution in [3.63, 3.8) is 0 Å². The summed E-state index contributed by atoms with van der Waals surface area (Å²) in [5.74, 6) is -0.984. The van der Waals surface area contributed by atoms with Gasteiger partial charge in [-0.2, -0.15) is 0 Å². The molecule has 0 saturated heterocycles. The lowest BCUT2D eigenvalue weighted by atomic mass is 10.1. The van der Waals surface area contributed by atoms with Crippen LogP contribution in [0.3, 0.4) is 0 Å². The number of carbonyl (C=O) groups is 1. The number of aromatic carboxylic acids is 1. The Morgan fingerprint density at radius 1 is 0.909 bits per heavy atom. The second kappa shape index (κ2) is 5.99. The summed E-state index contributed by atoms with van der Waals surface area (Å²) >= 11 is 0. The van der Waals surface area contributed by atoms with Crippen molar-refractivity contribution in [2.45, 2.75) is 4.90 Å². The maximum absolute atomic E-state index is 12.4. The molecule has 0 amide bonds. The van der Waals surface area contributed by atoms with Crippen LogP contribution in [-0.4, -0.2) is 15.3 Å². The van der Waals surface area contributed by atoms with Gasteiger partial charge in [-0.1, -0.05) is 30.3 Å². The van der Waals surface area contributed by atoms with Crippen molar-refractivity contribution in [2.75, 3.05) is 4.72 Å². The Morgan fingerprint density at radius 2 is 1.59 bits per heavy atom. The Labute approximate surface area is 130 Å². The number of anilines is 1. The van der Waals surface area contributed by atoms with Gasteiger partial charge in [0.15, 0.2) is 0 Å². The van der Waals surface area contributed by atoms with Crippen molar-refractivity contribution < 1.29 is 14.1 Å². The van der Waals surface area contributed by atoms with Gasteiger partial charge in [-0.05, 0) is 47.2 Å². The van der Waals surface area contributed by atoms with Crippen LogP contribution in [0.2, 0.25) is 0 Å². The summed E-state index contributed by atoms with van der Waals surface area (Å²) in [4.78, 5) is 11.5. The molecule has 0 spiro atoms. The van der Waals surface area contributed by atoms with Crippen LogP contribution < -0.4 is 4.72 Å². The summed E-state index contributed by atoms with van der Waals surface area (Å²) in [7, 11) is -1.41. The van der Waals surface area contributed by atoms with E-state index in [4.69, 9.17) is 5.11 Å². The SMILES string of the molecule is O=C(O)c1ccc(NS(=O)c2ccc3ccccc3c2)cc1. The predicted molar refractivity (Wildman–Crippen MR) is 87.4 cm³/mol. The molecular formula is C17H13NO3S. The zero-order valence-electron chi connectivity index (χ0n) is 11.5. The molecule has 110 valence electrons. The molecule has 22 heavy (non-hydrogen) atoms. The van der Waals surface area contributed by atoms with E-state index in [9.17, 15) is 9.00 Å². The number of carboxylic acids is 1. The molecule has 0 radical (unpaired) electrons. The molecule has 0 heterocycles. The average molecular weight is 311 g/mol. The van der Waals surface area contributed by atoms with E-state index in [1.54, 1.807) is 12.1 Å². The predicted octanol–water partition coefficient (Wildman–Crippen LogP) is 3.67. The topological polar surface area (TPSA) is 66.4 Å². The van der Waals surface area contributed by atoms with Crippen LogP contribution in [-0.2, 0) is 11.0 Å². The Kier molecular flexibility index (Phi) is 3.89. The van der Waals surface area contributed by atoms with E-state index in [2.05, 4.69) is 4.72 Å². The van der Waals surface area contributed by atoms with Crippen LogP contribution >= 0.6 is 0 Å². The maximum atomic E-state index is 12.4. The Balaban J connectivity index is 1.81. The molecule has 3 rings (SSSR count). The molecule has 3 aromatic rings. The molecule has 2 N–H and O–H groups in total. The zero-order chi connectivity index (χ0) is 15.5. The molecule has 5 heteroatoms. The van der Waals surface area contributed by atoms with Crippen LogP contribution in [0, 0.1) is 0 Å². The van der Waals surface area contributed by atoms with Crippen LogP contribution in [0.25, 0.3) is 10.8 Å². The molecule has 1 atom stereocenters. The van der Waals surface area contributed by atoms with E-state index in [-0.39, 0.29) is 5.56 Å². The minimum Gasteiger partial charge on any atom is -0.478 e. The highest BCUT2D eigenvalue weighted by Gasteiger charge is 2.06. The van der Waals surface area contributed by atoms with Gasteiger partial charge in [0.2, 0.25) is 0 Å². The third kappa shape index (κ3) is 2.99. The number of nitrogens with one attached hydrogen (secondary N) is 1. The lowest BCUT2D eigenvalue weighted by Crippen LogP contribution is -2.05. The van der Waals surface area contributed by atoms with Gasteiger partial charge in [-0.15, -0.1) is 0 Å². The van der Waals surface area contributed by atoms with Crippen molar-refractivity contribution in [2.24, 2.45) is 0 Å². The molecule has 1 unspecified atom stereocenters. The molecule has 4 nitrogen and oxygen atoms in total. The first-order valence-electron chi connectivity index (χ1n) is 6.64. The van der Waals surface area contributed by atoms with E-state index in [0.29, 0.717) is 10.6 Å². The number of rotatable bonds is 4. The molecule has 0 aliphatic rings. The first-order chi connectivity index (χ1) is 10.6. The van der Waals surface area contributed by atoms with Crippen molar-refractivity contribution in [1.29, 1.82) is 0 Å². The smallest absolute Gasteiger partial charge is 0.335 e. The minimum atomic E-state index is -1.41. The third-order valence-electron chi connectivity index (χ3n) is 3.28. The second-order valence-corrected chi connectivity index (χ2v) is 5.98. The highest BCUT2D eigenvalue weighted by molar-refractivity contribution is 7.86. The number of benzene rings is 3. The summed E-state index contributed by atoms with van der Waals surface area (Å²) in [5, 5.41) is 11.0. The first-order valence-corrected chi connectivity index (χ1v) is 7.79. The molecule has 0 aliphatic carbocycles. The summed E-state index contributed by atoms with van der Waals surface area (Å²) in [5.41, 5.74) is 0.804. The quantitative estimate of drug-likeness (QED) is 0.772. The molecule has 0 fully saturated rings. The molecule has 0 aromatic heterocycles. The number of fused-ring (bicyclic) bond motifs is 1. The Morgan fingerprint density at radius 3 is 2.27 bits per heavy atom. The van der Waals surface area contributed by atoms with E-state index in [1.807, 2.05) is 42.5 Å². The number of hydrogen-bond acceptors (Lipinski definition) is 2. The number of hydrogen-bond donors (Lipinski definition) is 2. The molecule has 0 bridgehead atoms. The zero-order valence-corrected chi connectivity index (χ0v) is 12.3. The lowest BCUT2D eigenvalue weighted by molar-refractivity contribution is 0.0697. The van der Waals surface area contributed by atoms with Crippen LogP contribution in [0.15, 0.2) is 71.6 Å². The summed E-state index contributed by atoms with van der Waals surface area (Å²) in [6.45, 7) is 0. The molecule has 0 aliphatic heterocycles. The summed E-state index contributed by atoms with van der Waals surface area (Å²) < 4.78 is 15.2. The van der Waals surface area contributed by atoms with Crippen LogP contribution in [0.4, 0.5) is 5.69 Å². The van der Waals surface area contributed by atoms with E-state index >= 15 is 0 Å². The normalized spacial score (nSPS) is 12.0. The molecule has 3 aromatic carbocycles. The highest BCUT2D eigenvalue weighted by Crippen LogP contribution is 2.19. The largest absolute Gasteiger partial charge is 0.478 e. The van der Waals surface area contributed by atoms with E-state index in [1.165, 1.54) is 12.1 Å². The maximum Gasteiger partial charge on any atom is 0.335 e. The first kappa shape index (κ1) is 14.3. The lowest BCUT2D eigenvalue weighted by Gasteiger charge is -2.07. The standard InChI is InChI=1S/C17H13NO3S/c19-17(20)13-5-8-15(9-6-13)18-22(21)16-10-7-12-3-1-2-4-14(12)11-16/h1-11,18H,(H,19,20). The third-order valence-corrected chi connectivity index (χ3v) is 4.38. The van der Waals surface area contributed by atoms with Gasteiger partial charge < -0.3 is 9.83 Å². The van der Waals surface area contributed by atoms with Crippen molar-refractivity contribution in [3.8, 4) is 0 Å². The Bertz CT molecular complexity index is 859. The molecule has 0 saturated carbocycles. The molecular weight excluding hydrogens is 298 g/mol. The van der Waals surface area contributed by atoms with Crippen LogP contribution in [0.1, 0.15) is 10.4 Å². The van der Waals surface area contributed by atoms with Gasteiger partial charge >= 0.3 is 5.97 Å². The Hall–Kier alpha value is -2.66. The van der Waals surface area contributed by atoms with Gasteiger partial charge in [-0.3, -0.25) is 0 Å². The van der Waals surface area contributed by atoms with Gasteiger partial charge in [-0.25, -0.2) is 9.00 Å². The average Bonchev–Trinajstić information content (AvgIpc) is 2.55. The summed E-state index contributed by atoms with van der Waals surface area (Å²) in [6.07, 6.45) is 0. The van der Waals surface area contributed by atoms with Crippen molar-refractivity contribution in [1.82, 2.24) is 0 Å². The van der Waals surface area contributed by atoms with Gasteiger partial charge in [0, 0.05) is 5.69 Å². The van der Waals surface area contributed by atoms with Gasteiger partial charge in [0.1, 0.15) is 11.0 Å². The van der Waals surface area contributed by atoms with E-state index < -0.39 is 17.0 Å². The van der Waals surface area contributed by atoms with Crippen LogP contribution in [0.5, 0.6) is 0 Å². The fourth-order valence-electron chi connectivity index (χ4n) is 2.13. The van der Waals surface area contributed by atoms with Crippen molar-refractivity contribution in [3.05, 3.63) is 72.3 Å². The monoisotopic (exact) mass is 311 g/mol. The fraction of sp³-hybridized carbons (Fsp3) is 0. The second-order valence-electron chi connectivity index (χ2n) is 4.76. The fourth-order valence-corrected chi connectivity index (χ4v) is 3.02. The summed E-state index contributed by atoms with van der Waals surface area (Å²) in [6, 6.07) is 19.6. The number of carboxylic acid groups (broad SMARTS) is 1. The van der Waals surface area contributed by atoms with Gasteiger partial charge in [0.25, 0.3) is 0 Å². The van der Waals surface area contributed by atoms with E-state index in [0.717, 1.165) is 10.8 Å². The minimum absolute atomic E-state index is 0.196.